The number of alkyl halides is 2. The van der Waals surface area contributed by atoms with Crippen molar-refractivity contribution in [1.29, 1.82) is 0 Å². The summed E-state index contributed by atoms with van der Waals surface area (Å²) in [6, 6.07) is 16.9. The molecule has 0 spiro atoms. The molecule has 3 heterocycles. The quantitative estimate of drug-likeness (QED) is 0.164. The molecule has 0 radical (unpaired) electrons. The largest absolute Gasteiger partial charge is 0.508 e. The summed E-state index contributed by atoms with van der Waals surface area (Å²) in [5.74, 6) is -5.23. The Bertz CT molecular complexity index is 2090. The number of carbonyl (C=O) groups is 4. The molecule has 2 aliphatic carbocycles. The van der Waals surface area contributed by atoms with Crippen LogP contribution in [-0.4, -0.2) is 69.6 Å². The highest BCUT2D eigenvalue weighted by Gasteiger charge is 2.76. The Morgan fingerprint density at radius 3 is 2.24 bits per heavy atom. The van der Waals surface area contributed by atoms with Crippen LogP contribution in [0.3, 0.4) is 0 Å². The average molecular weight is 703 g/mol. The van der Waals surface area contributed by atoms with Crippen molar-refractivity contribution in [1.82, 2.24) is 9.88 Å². The molecular weight excluding hydrogens is 673 g/mol. The van der Waals surface area contributed by atoms with Crippen LogP contribution < -0.4 is 14.4 Å². The molecule has 11 nitrogen and oxygen atoms in total. The monoisotopic (exact) mass is 701 g/mol. The minimum absolute atomic E-state index is 0.147. The Morgan fingerprint density at radius 2 is 1.59 bits per heavy atom. The van der Waals surface area contributed by atoms with Crippen LogP contribution in [0.25, 0.3) is 22.6 Å². The minimum atomic E-state index is -2.04. The molecule has 6 atom stereocenters. The van der Waals surface area contributed by atoms with Gasteiger partial charge in [0.15, 0.2) is 15.3 Å². The van der Waals surface area contributed by atoms with Crippen LogP contribution in [0.2, 0.25) is 0 Å². The van der Waals surface area contributed by atoms with E-state index in [2.05, 4.69) is 4.98 Å². The predicted octanol–water partition coefficient (Wildman–Crippen LogP) is 5.41. The normalized spacial score (nSPS) is 29.2. The number of amides is 4. The minimum Gasteiger partial charge on any atom is -0.508 e. The lowest BCUT2D eigenvalue weighted by Gasteiger charge is -2.51. The van der Waals surface area contributed by atoms with Crippen molar-refractivity contribution >= 4 is 63.6 Å². The van der Waals surface area contributed by atoms with E-state index >= 15 is 0 Å². The van der Waals surface area contributed by atoms with Gasteiger partial charge in [-0.15, -0.1) is 23.2 Å². The van der Waals surface area contributed by atoms with E-state index < -0.39 is 51.1 Å². The molecule has 3 aromatic carbocycles. The van der Waals surface area contributed by atoms with E-state index in [1.165, 1.54) is 38.3 Å². The second-order valence-corrected chi connectivity index (χ2v) is 14.0. The number of imide groups is 2. The smallest absolute Gasteiger partial charge is 0.253 e. The van der Waals surface area contributed by atoms with Crippen molar-refractivity contribution in [2.45, 2.75) is 28.5 Å². The lowest BCUT2D eigenvalue weighted by Crippen LogP contribution is -2.60. The number of hydrogen-bond acceptors (Lipinski definition) is 9. The summed E-state index contributed by atoms with van der Waals surface area (Å²) in [6.07, 6.45) is 1.84. The van der Waals surface area contributed by atoms with Crippen LogP contribution in [-0.2, 0) is 19.2 Å². The van der Waals surface area contributed by atoms with Gasteiger partial charge in [0.25, 0.3) is 11.8 Å². The number of fused-ring (bicyclic) bond motifs is 5. The zero-order valence-corrected chi connectivity index (χ0v) is 28.0. The van der Waals surface area contributed by atoms with Gasteiger partial charge in [-0.2, -0.15) is 0 Å². The third-order valence-corrected chi connectivity index (χ3v) is 11.9. The Kier molecular flexibility index (Phi) is 6.93. The number of aromatic hydroxyl groups is 1. The number of nitrogens with zero attached hydrogens (tertiary/aromatic N) is 3. The molecule has 4 amide bonds. The Morgan fingerprint density at radius 1 is 0.918 bits per heavy atom. The van der Waals surface area contributed by atoms with Gasteiger partial charge in [0, 0.05) is 36.2 Å². The highest BCUT2D eigenvalue weighted by molar-refractivity contribution is 6.53. The zero-order valence-electron chi connectivity index (χ0n) is 26.5. The lowest BCUT2D eigenvalue weighted by molar-refractivity contribution is -0.138. The number of hydrogen-bond donors (Lipinski definition) is 1. The molecule has 8 rings (SSSR count). The molecular formula is C36H29Cl2N3O8. The molecule has 3 fully saturated rings. The van der Waals surface area contributed by atoms with Gasteiger partial charge in [0.05, 0.1) is 31.7 Å². The number of rotatable bonds is 5. The highest BCUT2D eigenvalue weighted by atomic mass is 35.5. The van der Waals surface area contributed by atoms with E-state index in [0.29, 0.717) is 33.8 Å². The van der Waals surface area contributed by atoms with Gasteiger partial charge in [-0.25, -0.2) is 4.98 Å². The van der Waals surface area contributed by atoms with Gasteiger partial charge in [0.2, 0.25) is 17.7 Å². The molecule has 2 saturated heterocycles. The maximum atomic E-state index is 14.4. The maximum absolute atomic E-state index is 14.4. The Balaban J connectivity index is 1.21. The molecule has 2 aliphatic heterocycles. The maximum Gasteiger partial charge on any atom is 0.253 e. The fourth-order valence-corrected chi connectivity index (χ4v) is 9.28. The number of phenolic OH excluding ortho intramolecular Hbond substituents is 1. The first kappa shape index (κ1) is 31.4. The van der Waals surface area contributed by atoms with E-state index in [-0.39, 0.29) is 41.6 Å². The van der Waals surface area contributed by atoms with Gasteiger partial charge in [-0.1, -0.05) is 23.8 Å². The van der Waals surface area contributed by atoms with Crippen LogP contribution in [0.4, 0.5) is 5.69 Å². The molecule has 49 heavy (non-hydrogen) atoms. The number of anilines is 1. The molecule has 1 N–H and O–H groups in total. The molecule has 0 bridgehead atoms. The van der Waals surface area contributed by atoms with Crippen LogP contribution in [0.15, 0.2) is 76.7 Å². The van der Waals surface area contributed by atoms with Crippen LogP contribution in [0.5, 0.6) is 17.2 Å². The number of benzene rings is 3. The fraction of sp³-hybridized carbons (Fsp3) is 0.306. The lowest BCUT2D eigenvalue weighted by atomic mass is 9.56. The average Bonchev–Trinajstić information content (AvgIpc) is 3.69. The number of halogens is 2. The molecule has 4 aromatic rings. The van der Waals surface area contributed by atoms with E-state index in [9.17, 15) is 24.3 Å². The summed E-state index contributed by atoms with van der Waals surface area (Å²) in [7, 11) is 4.09. The number of ether oxygens (including phenoxy) is 2. The number of phenols is 1. The summed E-state index contributed by atoms with van der Waals surface area (Å²) in [5.41, 5.74) is 3.25. The second-order valence-electron chi connectivity index (χ2n) is 12.8. The van der Waals surface area contributed by atoms with Gasteiger partial charge < -0.3 is 19.0 Å². The highest BCUT2D eigenvalue weighted by Crippen LogP contribution is 2.67. The summed E-state index contributed by atoms with van der Waals surface area (Å²) in [5, 5.41) is 10.4. The Hall–Kier alpha value is -4.87. The standard InChI is InChI=1S/C36H29Cl2N3O8/c1-40-33(45)35(37)16-22-20(29(36(35,38)34(40)46)28-25(47-2)14-19(42)15-26(28)48-3)12-13-21-27(22)32(44)41(31(21)43)18-10-8-17(9-11-18)30-39-23-6-4-5-7-24(23)49-30/h4-12,14-15,21-22,27,29,42H,13,16H2,1-3H3. The number of methoxy groups -OCH3 is 2. The number of carbonyl (C=O) groups excluding carboxylic acids is 4. The van der Waals surface area contributed by atoms with Crippen molar-refractivity contribution in [2.75, 3.05) is 26.2 Å². The van der Waals surface area contributed by atoms with Crippen molar-refractivity contribution in [2.24, 2.45) is 17.8 Å². The molecule has 6 unspecified atom stereocenters. The number of likely N-dealkylation sites (tertiary alicyclic amines) is 1. The molecule has 1 saturated carbocycles. The summed E-state index contributed by atoms with van der Waals surface area (Å²) >= 11 is 14.6. The summed E-state index contributed by atoms with van der Waals surface area (Å²) in [4.78, 5) is 58.8. The van der Waals surface area contributed by atoms with Crippen LogP contribution in [0.1, 0.15) is 24.3 Å². The number of aromatic nitrogens is 1. The number of allylic oxidation sites excluding steroid dienone is 2. The first-order valence-corrected chi connectivity index (χ1v) is 16.4. The van der Waals surface area contributed by atoms with Crippen LogP contribution in [0, 0.1) is 17.8 Å². The van der Waals surface area contributed by atoms with E-state index in [0.717, 1.165) is 4.90 Å². The summed E-state index contributed by atoms with van der Waals surface area (Å²) < 4.78 is 17.2. The van der Waals surface area contributed by atoms with Crippen molar-refractivity contribution in [3.05, 3.63) is 77.9 Å². The van der Waals surface area contributed by atoms with Crippen molar-refractivity contribution in [3.63, 3.8) is 0 Å². The van der Waals surface area contributed by atoms with Crippen molar-refractivity contribution < 1.29 is 38.2 Å². The van der Waals surface area contributed by atoms with E-state index in [1.807, 2.05) is 30.3 Å². The van der Waals surface area contributed by atoms with Gasteiger partial charge in [-0.05, 0) is 55.2 Å². The van der Waals surface area contributed by atoms with Gasteiger partial charge in [-0.3, -0.25) is 29.0 Å². The number of para-hydroxylation sites is 2. The first-order valence-electron chi connectivity index (χ1n) is 15.6. The molecule has 13 heteroatoms. The second kappa shape index (κ2) is 10.8. The number of oxazole rings is 1. The van der Waals surface area contributed by atoms with Crippen molar-refractivity contribution in [3.8, 4) is 28.7 Å². The SMILES string of the molecule is COc1cc(O)cc(OC)c1C1C2=CCC3C(=O)N(c4ccc(-c5nc6ccccc6o5)cc4)C(=O)C3C2CC2(Cl)C(=O)N(C)C(=O)C12Cl. The fourth-order valence-electron chi connectivity index (χ4n) is 8.27. The van der Waals surface area contributed by atoms with Gasteiger partial charge >= 0.3 is 0 Å². The van der Waals surface area contributed by atoms with Gasteiger partial charge in [0.1, 0.15) is 22.8 Å². The first-order chi connectivity index (χ1) is 23.4. The third kappa shape index (κ3) is 4.12. The Labute approximate surface area is 290 Å². The van der Waals surface area contributed by atoms with E-state index in [1.54, 1.807) is 24.3 Å². The predicted molar refractivity (Wildman–Crippen MR) is 179 cm³/mol. The zero-order chi connectivity index (χ0) is 34.6. The third-order valence-electron chi connectivity index (χ3n) is 10.5. The molecule has 250 valence electrons. The topological polar surface area (TPSA) is 139 Å². The molecule has 4 aliphatic rings. The van der Waals surface area contributed by atoms with Crippen LogP contribution >= 0.6 is 23.2 Å². The van der Waals surface area contributed by atoms with E-state index in [4.69, 9.17) is 37.1 Å². The summed E-state index contributed by atoms with van der Waals surface area (Å²) in [6.45, 7) is 0. The molecule has 1 aromatic heterocycles.